The average Bonchev–Trinajstić information content (AvgIpc) is 2.96. The van der Waals surface area contributed by atoms with Crippen LogP contribution in [0.5, 0.6) is 0 Å². The highest BCUT2D eigenvalue weighted by Gasteiger charge is 2.37. The Kier molecular flexibility index (Phi) is 3.90. The molecule has 4 rings (SSSR count). The summed E-state index contributed by atoms with van der Waals surface area (Å²) in [4.78, 5) is 0. The summed E-state index contributed by atoms with van der Waals surface area (Å²) in [5.41, 5.74) is 8.54. The van der Waals surface area contributed by atoms with Crippen LogP contribution in [0, 0.1) is 5.41 Å². The van der Waals surface area contributed by atoms with E-state index in [1.54, 1.807) is 0 Å². The first kappa shape index (κ1) is 15.4. The second-order valence-electron chi connectivity index (χ2n) is 7.30. The Balaban J connectivity index is 1.80. The van der Waals surface area contributed by atoms with Crippen molar-refractivity contribution in [2.75, 3.05) is 13.2 Å². The van der Waals surface area contributed by atoms with Crippen LogP contribution in [-0.4, -0.2) is 13.2 Å². The van der Waals surface area contributed by atoms with E-state index < -0.39 is 0 Å². The fourth-order valence-corrected chi connectivity index (χ4v) is 4.13. The lowest BCUT2D eigenvalue weighted by Crippen LogP contribution is -2.18. The smallest absolute Gasteiger partial charge is 0.0688 e. The summed E-state index contributed by atoms with van der Waals surface area (Å²) in [5.74, 6) is 0. The van der Waals surface area contributed by atoms with Crippen molar-refractivity contribution in [3.05, 3.63) is 77.4 Å². The van der Waals surface area contributed by atoms with Gasteiger partial charge in [-0.15, -0.1) is 0 Å². The monoisotopic (exact) mass is 316 g/mol. The van der Waals surface area contributed by atoms with Crippen LogP contribution in [0.4, 0.5) is 0 Å². The Labute approximate surface area is 144 Å². The summed E-state index contributed by atoms with van der Waals surface area (Å²) < 4.78 is 5.77. The van der Waals surface area contributed by atoms with E-state index >= 15 is 0 Å². The lowest BCUT2D eigenvalue weighted by Gasteiger charge is -2.23. The lowest BCUT2D eigenvalue weighted by molar-refractivity contribution is 0.156. The van der Waals surface area contributed by atoms with Crippen molar-refractivity contribution in [2.24, 2.45) is 5.41 Å². The van der Waals surface area contributed by atoms with Crippen LogP contribution in [0.3, 0.4) is 0 Å². The largest absolute Gasteiger partial charge is 0.376 e. The number of fused-ring (bicyclic) bond motifs is 1. The van der Waals surface area contributed by atoms with Crippen LogP contribution in [0.25, 0.3) is 16.7 Å². The molecule has 2 aliphatic rings. The highest BCUT2D eigenvalue weighted by atomic mass is 16.5. The quantitative estimate of drug-likeness (QED) is 0.672. The van der Waals surface area contributed by atoms with Crippen molar-refractivity contribution in [3.63, 3.8) is 0 Å². The normalized spacial score (nSPS) is 23.7. The standard InChI is InChI=1S/C23H24O/c1-17-14-19(12-13-23(2)16-24-15-22(17)23)21-11-7-6-10-20(21)18-8-4-3-5-9-18/h3-11,14H,12-13,15-16H2,1-2H3/t23-/m0/s1. The van der Waals surface area contributed by atoms with Gasteiger partial charge in [0.1, 0.15) is 0 Å². The minimum Gasteiger partial charge on any atom is -0.376 e. The first-order valence-electron chi connectivity index (χ1n) is 8.81. The Morgan fingerprint density at radius 1 is 0.917 bits per heavy atom. The van der Waals surface area contributed by atoms with E-state index in [0.29, 0.717) is 0 Å². The van der Waals surface area contributed by atoms with Crippen molar-refractivity contribution < 1.29 is 4.74 Å². The molecule has 1 nitrogen and oxygen atoms in total. The zero-order valence-corrected chi connectivity index (χ0v) is 14.5. The molecule has 0 bridgehead atoms. The molecule has 2 aromatic carbocycles. The Morgan fingerprint density at radius 3 is 2.42 bits per heavy atom. The number of ether oxygens (including phenoxy) is 1. The molecule has 0 unspecified atom stereocenters. The fraction of sp³-hybridized carbons (Fsp3) is 0.304. The van der Waals surface area contributed by atoms with E-state index in [4.69, 9.17) is 4.74 Å². The maximum absolute atomic E-state index is 5.77. The molecule has 1 atom stereocenters. The topological polar surface area (TPSA) is 9.23 Å². The van der Waals surface area contributed by atoms with Gasteiger partial charge in [0.05, 0.1) is 13.2 Å². The molecule has 1 fully saturated rings. The number of hydrogen-bond donors (Lipinski definition) is 0. The molecule has 0 aromatic heterocycles. The second-order valence-corrected chi connectivity index (χ2v) is 7.30. The summed E-state index contributed by atoms with van der Waals surface area (Å²) in [6.07, 6.45) is 4.66. The van der Waals surface area contributed by atoms with Gasteiger partial charge < -0.3 is 4.74 Å². The molecule has 0 amide bonds. The molecule has 1 aliphatic carbocycles. The second kappa shape index (κ2) is 6.07. The Morgan fingerprint density at radius 2 is 1.62 bits per heavy atom. The number of hydrogen-bond acceptors (Lipinski definition) is 1. The van der Waals surface area contributed by atoms with E-state index in [1.807, 2.05) is 0 Å². The van der Waals surface area contributed by atoms with E-state index in [1.165, 1.54) is 33.4 Å². The van der Waals surface area contributed by atoms with Crippen molar-refractivity contribution in [3.8, 4) is 11.1 Å². The highest BCUT2D eigenvalue weighted by Crippen LogP contribution is 2.45. The Bertz CT molecular complexity index is 813. The molecule has 1 heterocycles. The molecule has 0 spiro atoms. The molecule has 0 radical (unpaired) electrons. The summed E-state index contributed by atoms with van der Waals surface area (Å²) in [7, 11) is 0. The van der Waals surface area contributed by atoms with Crippen molar-refractivity contribution >= 4 is 5.57 Å². The van der Waals surface area contributed by atoms with Gasteiger partial charge in [0.15, 0.2) is 0 Å². The maximum atomic E-state index is 5.77. The van der Waals surface area contributed by atoms with E-state index in [-0.39, 0.29) is 5.41 Å². The van der Waals surface area contributed by atoms with E-state index in [9.17, 15) is 0 Å². The van der Waals surface area contributed by atoms with Gasteiger partial charge in [0.2, 0.25) is 0 Å². The molecular weight excluding hydrogens is 292 g/mol. The Hall–Kier alpha value is -2.12. The maximum Gasteiger partial charge on any atom is 0.0688 e. The minimum absolute atomic E-state index is 0.212. The first-order valence-corrected chi connectivity index (χ1v) is 8.81. The van der Waals surface area contributed by atoms with Crippen LogP contribution >= 0.6 is 0 Å². The number of rotatable bonds is 2. The lowest BCUT2D eigenvalue weighted by atomic mass is 9.79. The predicted molar refractivity (Wildman–Crippen MR) is 101 cm³/mol. The number of allylic oxidation sites excluding steroid dienone is 3. The zero-order chi connectivity index (χ0) is 16.6. The zero-order valence-electron chi connectivity index (χ0n) is 14.5. The van der Waals surface area contributed by atoms with Crippen LogP contribution in [0.2, 0.25) is 0 Å². The van der Waals surface area contributed by atoms with E-state index in [0.717, 1.165) is 26.1 Å². The summed E-state index contributed by atoms with van der Waals surface area (Å²) in [5, 5.41) is 0. The highest BCUT2D eigenvalue weighted by molar-refractivity contribution is 5.82. The molecule has 1 heteroatoms. The van der Waals surface area contributed by atoms with Gasteiger partial charge in [0, 0.05) is 5.41 Å². The van der Waals surface area contributed by atoms with Gasteiger partial charge in [-0.05, 0) is 53.2 Å². The third-order valence-electron chi connectivity index (χ3n) is 5.57. The SMILES string of the molecule is CC1=C2COC[C@]2(C)CCC(c2ccccc2-c2ccccc2)=C1. The van der Waals surface area contributed by atoms with Gasteiger partial charge in [-0.3, -0.25) is 0 Å². The van der Waals surface area contributed by atoms with Crippen molar-refractivity contribution in [1.29, 1.82) is 0 Å². The predicted octanol–water partition coefficient (Wildman–Crippen LogP) is 5.88. The van der Waals surface area contributed by atoms with Crippen LogP contribution < -0.4 is 0 Å². The van der Waals surface area contributed by atoms with Gasteiger partial charge in [-0.1, -0.05) is 67.6 Å². The minimum atomic E-state index is 0.212. The van der Waals surface area contributed by atoms with E-state index in [2.05, 4.69) is 74.5 Å². The van der Waals surface area contributed by atoms with Gasteiger partial charge in [-0.2, -0.15) is 0 Å². The van der Waals surface area contributed by atoms with Crippen molar-refractivity contribution in [1.82, 2.24) is 0 Å². The van der Waals surface area contributed by atoms with Gasteiger partial charge >= 0.3 is 0 Å². The van der Waals surface area contributed by atoms with Crippen molar-refractivity contribution in [2.45, 2.75) is 26.7 Å². The van der Waals surface area contributed by atoms with Crippen LogP contribution in [-0.2, 0) is 4.74 Å². The molecular formula is C23H24O. The third-order valence-corrected chi connectivity index (χ3v) is 5.57. The molecule has 1 aliphatic heterocycles. The summed E-state index contributed by atoms with van der Waals surface area (Å²) in [6, 6.07) is 19.5. The molecule has 1 saturated heterocycles. The first-order chi connectivity index (χ1) is 11.7. The van der Waals surface area contributed by atoms with Gasteiger partial charge in [0.25, 0.3) is 0 Å². The van der Waals surface area contributed by atoms with Crippen LogP contribution in [0.15, 0.2) is 71.8 Å². The average molecular weight is 316 g/mol. The fourth-order valence-electron chi connectivity index (χ4n) is 4.13. The molecule has 122 valence electrons. The third kappa shape index (κ3) is 2.63. The molecule has 0 N–H and O–H groups in total. The summed E-state index contributed by atoms with van der Waals surface area (Å²) >= 11 is 0. The molecule has 24 heavy (non-hydrogen) atoms. The van der Waals surface area contributed by atoms with Gasteiger partial charge in [-0.25, -0.2) is 0 Å². The summed E-state index contributed by atoms with van der Waals surface area (Å²) in [6.45, 7) is 6.27. The van der Waals surface area contributed by atoms with Crippen LogP contribution in [0.1, 0.15) is 32.3 Å². The molecule has 2 aromatic rings. The number of benzene rings is 2. The molecule has 0 saturated carbocycles.